The maximum Gasteiger partial charge on any atom is 0.338 e. The lowest BCUT2D eigenvalue weighted by Crippen LogP contribution is -2.28. The van der Waals surface area contributed by atoms with Crippen molar-refractivity contribution in [3.63, 3.8) is 0 Å². The molecule has 0 spiro atoms. The Morgan fingerprint density at radius 3 is 2.46 bits per heavy atom. The minimum atomic E-state index is -0.404. The van der Waals surface area contributed by atoms with Gasteiger partial charge >= 0.3 is 5.97 Å². The number of nitrogens with zero attached hydrogens (tertiary/aromatic N) is 1. The van der Waals surface area contributed by atoms with Gasteiger partial charge in [-0.2, -0.15) is 0 Å². The molecular weight excluding hydrogens is 304 g/mol. The summed E-state index contributed by atoms with van der Waals surface area (Å²) in [4.78, 5) is 27.7. The van der Waals surface area contributed by atoms with Crippen molar-refractivity contribution >= 4 is 22.6 Å². The van der Waals surface area contributed by atoms with E-state index in [0.29, 0.717) is 11.1 Å². The Kier molecular flexibility index (Phi) is 4.81. The lowest BCUT2D eigenvalue weighted by Gasteiger charge is -2.07. The number of rotatable bonds is 5. The first-order chi connectivity index (χ1) is 11.7. The van der Waals surface area contributed by atoms with Crippen LogP contribution in [0.3, 0.4) is 0 Å². The molecule has 1 amide bonds. The van der Waals surface area contributed by atoms with E-state index < -0.39 is 5.97 Å². The van der Waals surface area contributed by atoms with E-state index in [-0.39, 0.29) is 19.1 Å². The summed E-state index contributed by atoms with van der Waals surface area (Å²) in [5.74, 6) is -0.627. The fourth-order valence-corrected chi connectivity index (χ4v) is 2.31. The second-order valence-corrected chi connectivity index (χ2v) is 5.19. The van der Waals surface area contributed by atoms with Gasteiger partial charge < -0.3 is 10.1 Å². The van der Waals surface area contributed by atoms with Crippen molar-refractivity contribution in [1.29, 1.82) is 0 Å². The highest BCUT2D eigenvalue weighted by Crippen LogP contribution is 2.16. The molecule has 1 heterocycles. The van der Waals surface area contributed by atoms with Gasteiger partial charge in [0.1, 0.15) is 6.61 Å². The molecule has 1 aromatic heterocycles. The predicted molar refractivity (Wildman–Crippen MR) is 90.8 cm³/mol. The molecule has 1 N–H and O–H groups in total. The minimum absolute atomic E-state index is 0.114. The molecule has 0 saturated carbocycles. The third kappa shape index (κ3) is 3.76. The van der Waals surface area contributed by atoms with Crippen molar-refractivity contribution in [1.82, 2.24) is 10.3 Å². The van der Waals surface area contributed by atoms with Crippen LogP contribution in [0, 0.1) is 0 Å². The highest BCUT2D eigenvalue weighted by molar-refractivity contribution is 5.95. The van der Waals surface area contributed by atoms with Gasteiger partial charge in [0.15, 0.2) is 0 Å². The highest BCUT2D eigenvalue weighted by Gasteiger charge is 2.08. The fourth-order valence-electron chi connectivity index (χ4n) is 2.31. The Hall–Kier alpha value is -3.21. The SMILES string of the molecule is O=C(NCCOC(=O)c1ccc2ccccc2c1)c1ccncc1. The summed E-state index contributed by atoms with van der Waals surface area (Å²) in [5.41, 5.74) is 1.01. The number of ether oxygens (including phenoxy) is 1. The third-order valence-corrected chi connectivity index (χ3v) is 3.55. The summed E-state index contributed by atoms with van der Waals surface area (Å²) in [7, 11) is 0. The Balaban J connectivity index is 1.51. The second kappa shape index (κ2) is 7.37. The van der Waals surface area contributed by atoms with Crippen LogP contribution in [0.15, 0.2) is 67.0 Å². The van der Waals surface area contributed by atoms with Crippen LogP contribution in [0.2, 0.25) is 0 Å². The molecule has 0 atom stereocenters. The average Bonchev–Trinajstić information content (AvgIpc) is 2.65. The second-order valence-electron chi connectivity index (χ2n) is 5.19. The van der Waals surface area contributed by atoms with E-state index in [4.69, 9.17) is 4.74 Å². The Bertz CT molecular complexity index is 863. The number of carbonyl (C=O) groups excluding carboxylic acids is 2. The van der Waals surface area contributed by atoms with Gasteiger partial charge in [0.05, 0.1) is 12.1 Å². The van der Waals surface area contributed by atoms with Gasteiger partial charge in [0.25, 0.3) is 5.91 Å². The van der Waals surface area contributed by atoms with Crippen LogP contribution in [0.1, 0.15) is 20.7 Å². The van der Waals surface area contributed by atoms with Crippen molar-refractivity contribution in [3.8, 4) is 0 Å². The zero-order valence-electron chi connectivity index (χ0n) is 12.9. The van der Waals surface area contributed by atoms with Gasteiger partial charge in [-0.1, -0.05) is 30.3 Å². The Morgan fingerprint density at radius 2 is 1.67 bits per heavy atom. The van der Waals surface area contributed by atoms with Gasteiger partial charge in [0, 0.05) is 18.0 Å². The van der Waals surface area contributed by atoms with Crippen LogP contribution in [0.25, 0.3) is 10.8 Å². The minimum Gasteiger partial charge on any atom is -0.460 e. The monoisotopic (exact) mass is 320 g/mol. The number of fused-ring (bicyclic) bond motifs is 1. The predicted octanol–water partition coefficient (Wildman–Crippen LogP) is 2.82. The molecule has 24 heavy (non-hydrogen) atoms. The van der Waals surface area contributed by atoms with Crippen molar-refractivity contribution < 1.29 is 14.3 Å². The molecule has 0 fully saturated rings. The van der Waals surface area contributed by atoms with Crippen LogP contribution in [-0.4, -0.2) is 30.0 Å². The number of hydrogen-bond donors (Lipinski definition) is 1. The summed E-state index contributed by atoms with van der Waals surface area (Å²) in [6.45, 7) is 0.364. The molecule has 5 nitrogen and oxygen atoms in total. The smallest absolute Gasteiger partial charge is 0.338 e. The standard InChI is InChI=1S/C19H16N2O3/c22-18(15-7-9-20-10-8-15)21-11-12-24-19(23)17-6-5-14-3-1-2-4-16(14)13-17/h1-10,13H,11-12H2,(H,21,22). The van der Waals surface area contributed by atoms with E-state index in [1.54, 1.807) is 36.7 Å². The number of nitrogens with one attached hydrogen (secondary N) is 1. The van der Waals surface area contributed by atoms with Crippen LogP contribution in [0.5, 0.6) is 0 Å². The molecule has 0 saturated heterocycles. The molecule has 0 aliphatic heterocycles. The molecule has 120 valence electrons. The van der Waals surface area contributed by atoms with Gasteiger partial charge in [-0.25, -0.2) is 4.79 Å². The fraction of sp³-hybridized carbons (Fsp3) is 0.105. The number of amides is 1. The van der Waals surface area contributed by atoms with Gasteiger partial charge in [-0.05, 0) is 35.0 Å². The van der Waals surface area contributed by atoms with E-state index in [1.165, 1.54) is 0 Å². The van der Waals surface area contributed by atoms with Crippen molar-refractivity contribution in [2.75, 3.05) is 13.2 Å². The van der Waals surface area contributed by atoms with Crippen LogP contribution in [-0.2, 0) is 4.74 Å². The Labute approximate surface area is 139 Å². The molecule has 3 aromatic rings. The number of carbonyl (C=O) groups is 2. The first kappa shape index (κ1) is 15.7. The summed E-state index contributed by atoms with van der Waals surface area (Å²) < 4.78 is 5.20. The van der Waals surface area contributed by atoms with Gasteiger partial charge in [-0.15, -0.1) is 0 Å². The van der Waals surface area contributed by atoms with E-state index in [9.17, 15) is 9.59 Å². The molecule has 2 aromatic carbocycles. The molecule has 0 aliphatic rings. The van der Waals surface area contributed by atoms with E-state index in [2.05, 4.69) is 10.3 Å². The van der Waals surface area contributed by atoms with Crippen molar-refractivity contribution in [2.45, 2.75) is 0 Å². The van der Waals surface area contributed by atoms with Gasteiger partial charge in [0.2, 0.25) is 0 Å². The maximum absolute atomic E-state index is 12.1. The van der Waals surface area contributed by atoms with Crippen LogP contribution >= 0.6 is 0 Å². The summed E-state index contributed by atoms with van der Waals surface area (Å²) in [6.07, 6.45) is 3.10. The van der Waals surface area contributed by atoms with Crippen LogP contribution < -0.4 is 5.32 Å². The number of pyridine rings is 1. The summed E-state index contributed by atoms with van der Waals surface area (Å²) in [5, 5.41) is 4.74. The van der Waals surface area contributed by atoms with Crippen molar-refractivity contribution in [2.24, 2.45) is 0 Å². The number of esters is 1. The van der Waals surface area contributed by atoms with Crippen molar-refractivity contribution in [3.05, 3.63) is 78.1 Å². The molecule has 0 bridgehead atoms. The molecule has 5 heteroatoms. The molecule has 0 aliphatic carbocycles. The highest BCUT2D eigenvalue weighted by atomic mass is 16.5. The molecule has 0 radical (unpaired) electrons. The third-order valence-electron chi connectivity index (χ3n) is 3.55. The molecule has 3 rings (SSSR count). The van der Waals surface area contributed by atoms with E-state index >= 15 is 0 Å². The lowest BCUT2D eigenvalue weighted by molar-refractivity contribution is 0.0503. The zero-order chi connectivity index (χ0) is 16.8. The normalized spacial score (nSPS) is 10.3. The van der Waals surface area contributed by atoms with Gasteiger partial charge in [-0.3, -0.25) is 9.78 Å². The lowest BCUT2D eigenvalue weighted by atomic mass is 10.1. The summed E-state index contributed by atoms with van der Waals surface area (Å²) >= 11 is 0. The van der Waals surface area contributed by atoms with E-state index in [1.807, 2.05) is 30.3 Å². The van der Waals surface area contributed by atoms with E-state index in [0.717, 1.165) is 10.8 Å². The summed E-state index contributed by atoms with van der Waals surface area (Å²) in [6, 6.07) is 16.5. The Morgan fingerprint density at radius 1 is 0.917 bits per heavy atom. The molecule has 0 unspecified atom stereocenters. The average molecular weight is 320 g/mol. The first-order valence-corrected chi connectivity index (χ1v) is 7.58. The number of hydrogen-bond acceptors (Lipinski definition) is 4. The largest absolute Gasteiger partial charge is 0.460 e. The number of benzene rings is 2. The topological polar surface area (TPSA) is 68.3 Å². The van der Waals surface area contributed by atoms with Crippen LogP contribution in [0.4, 0.5) is 0 Å². The number of aromatic nitrogens is 1. The zero-order valence-corrected chi connectivity index (χ0v) is 12.9. The quantitative estimate of drug-likeness (QED) is 0.580. The maximum atomic E-state index is 12.1. The molecular formula is C19H16N2O3. The first-order valence-electron chi connectivity index (χ1n) is 7.58.